The van der Waals surface area contributed by atoms with Gasteiger partial charge in [-0.05, 0) is 68.8 Å². The zero-order valence-electron chi connectivity index (χ0n) is 18.3. The fraction of sp³-hybridized carbons (Fsp3) is 0.280. The van der Waals surface area contributed by atoms with E-state index in [-0.39, 0.29) is 23.7 Å². The fourth-order valence-corrected chi connectivity index (χ4v) is 4.21. The van der Waals surface area contributed by atoms with Crippen LogP contribution in [-0.2, 0) is 0 Å². The van der Waals surface area contributed by atoms with E-state index in [1.807, 2.05) is 61.8 Å². The summed E-state index contributed by atoms with van der Waals surface area (Å²) in [6.45, 7) is 4.03. The summed E-state index contributed by atoms with van der Waals surface area (Å²) in [7, 11) is 3.95. The van der Waals surface area contributed by atoms with Crippen molar-refractivity contribution in [2.45, 2.75) is 32.2 Å². The zero-order valence-corrected chi connectivity index (χ0v) is 18.3. The van der Waals surface area contributed by atoms with E-state index >= 15 is 0 Å². The number of carbonyl (C=O) groups excluding carboxylic acids is 1. The van der Waals surface area contributed by atoms with E-state index in [0.717, 1.165) is 34.7 Å². The summed E-state index contributed by atoms with van der Waals surface area (Å²) in [5.74, 6) is -0.161. The smallest absolute Gasteiger partial charge is 0.251 e. The van der Waals surface area contributed by atoms with Crippen molar-refractivity contribution in [1.29, 1.82) is 0 Å². The molecule has 160 valence electrons. The second-order valence-corrected chi connectivity index (χ2v) is 8.22. The van der Waals surface area contributed by atoms with Crippen LogP contribution < -0.4 is 10.2 Å². The topological polar surface area (TPSA) is 50.2 Å². The maximum Gasteiger partial charge on any atom is 0.251 e. The largest absolute Gasteiger partial charge is 0.378 e. The maximum absolute atomic E-state index is 13.3. The molecular formula is C25H27FN4O. The van der Waals surface area contributed by atoms with E-state index in [9.17, 15) is 9.18 Å². The van der Waals surface area contributed by atoms with E-state index in [1.165, 1.54) is 12.1 Å². The molecule has 1 aromatic heterocycles. The lowest BCUT2D eigenvalue weighted by Crippen LogP contribution is -2.32. The molecule has 0 bridgehead atoms. The molecule has 1 N–H and O–H groups in total. The Morgan fingerprint density at radius 3 is 2.39 bits per heavy atom. The van der Waals surface area contributed by atoms with Gasteiger partial charge in [-0.1, -0.05) is 12.2 Å². The van der Waals surface area contributed by atoms with Crippen LogP contribution in [0, 0.1) is 19.7 Å². The molecule has 1 aliphatic carbocycles. The number of anilines is 1. The summed E-state index contributed by atoms with van der Waals surface area (Å²) in [6, 6.07) is 13.9. The summed E-state index contributed by atoms with van der Waals surface area (Å²) in [5.41, 5.74) is 5.68. The number of nitrogens with zero attached hydrogens (tertiary/aromatic N) is 3. The first-order valence-electron chi connectivity index (χ1n) is 10.4. The molecule has 1 aliphatic rings. The number of benzene rings is 2. The number of aromatic nitrogens is 2. The number of amides is 1. The highest BCUT2D eigenvalue weighted by molar-refractivity contribution is 5.94. The van der Waals surface area contributed by atoms with Crippen LogP contribution in [0.1, 0.15) is 39.6 Å². The Bertz CT molecular complexity index is 1110. The summed E-state index contributed by atoms with van der Waals surface area (Å²) < 4.78 is 15.1. The molecule has 0 radical (unpaired) electrons. The summed E-state index contributed by atoms with van der Waals surface area (Å²) in [6.07, 6.45) is 5.00. The van der Waals surface area contributed by atoms with Crippen molar-refractivity contribution in [3.63, 3.8) is 0 Å². The first kappa shape index (κ1) is 20.8. The van der Waals surface area contributed by atoms with Gasteiger partial charge >= 0.3 is 0 Å². The van der Waals surface area contributed by atoms with Crippen LogP contribution in [0.3, 0.4) is 0 Å². The van der Waals surface area contributed by atoms with Crippen LogP contribution in [0.2, 0.25) is 0 Å². The van der Waals surface area contributed by atoms with Gasteiger partial charge in [-0.2, -0.15) is 5.10 Å². The molecule has 2 atom stereocenters. The predicted molar refractivity (Wildman–Crippen MR) is 122 cm³/mol. The molecule has 1 amide bonds. The van der Waals surface area contributed by atoms with Crippen LogP contribution in [-0.4, -0.2) is 35.8 Å². The van der Waals surface area contributed by atoms with Gasteiger partial charge in [0.05, 0.1) is 11.4 Å². The minimum Gasteiger partial charge on any atom is -0.378 e. The molecule has 3 aromatic rings. The molecule has 2 aromatic carbocycles. The molecule has 6 heteroatoms. The first-order valence-corrected chi connectivity index (χ1v) is 10.4. The summed E-state index contributed by atoms with van der Waals surface area (Å²) in [4.78, 5) is 14.7. The molecule has 31 heavy (non-hydrogen) atoms. The van der Waals surface area contributed by atoms with Gasteiger partial charge in [0.25, 0.3) is 5.91 Å². The van der Waals surface area contributed by atoms with Crippen molar-refractivity contribution < 1.29 is 9.18 Å². The van der Waals surface area contributed by atoms with Crippen molar-refractivity contribution in [1.82, 2.24) is 15.1 Å². The quantitative estimate of drug-likeness (QED) is 0.619. The van der Waals surface area contributed by atoms with Crippen LogP contribution in [0.5, 0.6) is 0 Å². The van der Waals surface area contributed by atoms with E-state index in [2.05, 4.69) is 22.6 Å². The third-order valence-corrected chi connectivity index (χ3v) is 5.84. The number of carbonyl (C=O) groups is 1. The number of nitrogens with one attached hydrogen (secondary N) is 1. The molecule has 0 spiro atoms. The van der Waals surface area contributed by atoms with Crippen LogP contribution in [0.15, 0.2) is 60.7 Å². The SMILES string of the molecule is Cc1nn(-c2ccc(F)cc2)c(C)c1C1C=CC(NC(=O)c2ccc(N(C)C)cc2)C1. The zero-order chi connectivity index (χ0) is 22.1. The van der Waals surface area contributed by atoms with Crippen molar-refractivity contribution in [3.05, 3.63) is 89.0 Å². The Labute approximate surface area is 182 Å². The number of rotatable bonds is 5. The normalized spacial score (nSPS) is 17.7. The third kappa shape index (κ3) is 4.24. The molecule has 0 saturated heterocycles. The van der Waals surface area contributed by atoms with Crippen LogP contribution in [0.4, 0.5) is 10.1 Å². The van der Waals surface area contributed by atoms with Crippen LogP contribution in [0.25, 0.3) is 5.69 Å². The second kappa shape index (κ2) is 8.38. The van der Waals surface area contributed by atoms with Gasteiger partial charge in [0.15, 0.2) is 0 Å². The Balaban J connectivity index is 1.46. The van der Waals surface area contributed by atoms with Gasteiger partial charge in [0.1, 0.15) is 5.82 Å². The van der Waals surface area contributed by atoms with Gasteiger partial charge in [0, 0.05) is 48.6 Å². The molecule has 0 aliphatic heterocycles. The van der Waals surface area contributed by atoms with E-state index in [1.54, 1.807) is 12.1 Å². The highest BCUT2D eigenvalue weighted by Gasteiger charge is 2.27. The Morgan fingerprint density at radius 1 is 1.06 bits per heavy atom. The molecule has 0 saturated carbocycles. The predicted octanol–water partition coefficient (Wildman–Crippen LogP) is 4.54. The Morgan fingerprint density at radius 2 is 1.74 bits per heavy atom. The van der Waals surface area contributed by atoms with Gasteiger partial charge in [-0.25, -0.2) is 9.07 Å². The van der Waals surface area contributed by atoms with Gasteiger partial charge in [-0.15, -0.1) is 0 Å². The van der Waals surface area contributed by atoms with Crippen molar-refractivity contribution in [2.24, 2.45) is 0 Å². The Hall–Kier alpha value is -3.41. The number of allylic oxidation sites excluding steroid dienone is 1. The van der Waals surface area contributed by atoms with Crippen LogP contribution >= 0.6 is 0 Å². The standard InChI is InChI=1S/C25H27FN4O/c1-16-24(17(2)30(28-16)23-13-8-20(26)9-14-23)19-5-10-21(15-19)27-25(31)18-6-11-22(12-7-18)29(3)4/h5-14,19,21H,15H2,1-4H3,(H,27,31). The molecule has 4 rings (SSSR count). The van der Waals surface area contributed by atoms with Gasteiger partial charge < -0.3 is 10.2 Å². The van der Waals surface area contributed by atoms with E-state index in [4.69, 9.17) is 0 Å². The van der Waals surface area contributed by atoms with Gasteiger partial charge in [-0.3, -0.25) is 4.79 Å². The number of hydrogen-bond acceptors (Lipinski definition) is 3. The molecule has 2 unspecified atom stereocenters. The highest BCUT2D eigenvalue weighted by Crippen LogP contribution is 2.34. The van der Waals surface area contributed by atoms with Crippen molar-refractivity contribution in [2.75, 3.05) is 19.0 Å². The Kier molecular flexibility index (Phi) is 5.63. The molecule has 5 nitrogen and oxygen atoms in total. The number of aryl methyl sites for hydroxylation is 1. The van der Waals surface area contributed by atoms with Crippen molar-refractivity contribution >= 4 is 11.6 Å². The average molecular weight is 419 g/mol. The molecule has 0 fully saturated rings. The van der Waals surface area contributed by atoms with Gasteiger partial charge in [0.2, 0.25) is 0 Å². The van der Waals surface area contributed by atoms with E-state index < -0.39 is 0 Å². The highest BCUT2D eigenvalue weighted by atomic mass is 19.1. The number of halogens is 1. The minimum atomic E-state index is -0.265. The fourth-order valence-electron chi connectivity index (χ4n) is 4.21. The average Bonchev–Trinajstić information content (AvgIpc) is 3.32. The summed E-state index contributed by atoms with van der Waals surface area (Å²) in [5, 5.41) is 7.80. The molecule has 1 heterocycles. The van der Waals surface area contributed by atoms with E-state index in [0.29, 0.717) is 5.56 Å². The minimum absolute atomic E-state index is 0.0287. The monoisotopic (exact) mass is 418 g/mol. The second-order valence-electron chi connectivity index (χ2n) is 8.22. The third-order valence-electron chi connectivity index (χ3n) is 5.84. The lowest BCUT2D eigenvalue weighted by molar-refractivity contribution is 0.0944. The lowest BCUT2D eigenvalue weighted by Gasteiger charge is -2.16. The number of hydrogen-bond donors (Lipinski definition) is 1. The molecular weight excluding hydrogens is 391 g/mol. The van der Waals surface area contributed by atoms with Crippen molar-refractivity contribution in [3.8, 4) is 5.69 Å². The summed E-state index contributed by atoms with van der Waals surface area (Å²) >= 11 is 0. The first-order chi connectivity index (χ1) is 14.8. The maximum atomic E-state index is 13.3. The lowest BCUT2D eigenvalue weighted by atomic mass is 9.96.